The van der Waals surface area contributed by atoms with Crippen molar-refractivity contribution in [3.05, 3.63) is 64.0 Å². The summed E-state index contributed by atoms with van der Waals surface area (Å²) in [4.78, 5) is 29.3. The summed E-state index contributed by atoms with van der Waals surface area (Å²) >= 11 is 9.61. The maximum absolute atomic E-state index is 12.2. The van der Waals surface area contributed by atoms with Crippen LogP contribution in [0.15, 0.2) is 62.8 Å². The summed E-state index contributed by atoms with van der Waals surface area (Å²) in [7, 11) is 1.59. The number of nitrogens with zero attached hydrogens (tertiary/aromatic N) is 3. The van der Waals surface area contributed by atoms with E-state index in [-0.39, 0.29) is 17.6 Å². The van der Waals surface area contributed by atoms with E-state index in [0.29, 0.717) is 30.3 Å². The smallest absolute Gasteiger partial charge is 0.264 e. The van der Waals surface area contributed by atoms with Gasteiger partial charge in [-0.25, -0.2) is 0 Å². The molecule has 0 unspecified atom stereocenters. The van der Waals surface area contributed by atoms with Crippen molar-refractivity contribution in [1.29, 1.82) is 0 Å². The lowest BCUT2D eigenvalue weighted by molar-refractivity contribution is -0.115. The molecular weight excluding hydrogens is 502 g/mol. The number of carbonyl (C=O) groups is 2. The molecule has 0 atom stereocenters. The lowest BCUT2D eigenvalue weighted by atomic mass is 10.2. The third kappa shape index (κ3) is 6.57. The Morgan fingerprint density at radius 3 is 2.70 bits per heavy atom. The second kappa shape index (κ2) is 10.8. The summed E-state index contributed by atoms with van der Waals surface area (Å²) in [5, 5.41) is 15.0. The van der Waals surface area contributed by atoms with Crippen LogP contribution in [0.3, 0.4) is 0 Å². The number of carbonyl (C=O) groups excluding carboxylic acids is 2. The third-order valence-corrected chi connectivity index (χ3v) is 7.22. The lowest BCUT2D eigenvalue weighted by Gasteiger charge is -2.05. The molecule has 2 amide bonds. The van der Waals surface area contributed by atoms with E-state index in [1.165, 1.54) is 34.9 Å². The fourth-order valence-corrected chi connectivity index (χ4v) is 5.11. The van der Waals surface area contributed by atoms with Crippen LogP contribution < -0.4 is 15.4 Å². The van der Waals surface area contributed by atoms with E-state index in [1.807, 2.05) is 12.1 Å². The first kappa shape index (κ1) is 23.3. The predicted octanol–water partition coefficient (Wildman–Crippen LogP) is 4.82. The van der Waals surface area contributed by atoms with E-state index >= 15 is 0 Å². The Morgan fingerprint density at radius 2 is 1.97 bits per heavy atom. The Bertz CT molecular complexity index is 1230. The Balaban J connectivity index is 1.32. The number of hydrogen-bond donors (Lipinski definition) is 2. The van der Waals surface area contributed by atoms with Crippen LogP contribution >= 0.6 is 46.5 Å². The Kier molecular flexibility index (Phi) is 7.65. The molecule has 0 spiro atoms. The van der Waals surface area contributed by atoms with Crippen molar-refractivity contribution in [2.24, 2.45) is 4.99 Å². The van der Waals surface area contributed by atoms with Gasteiger partial charge in [0, 0.05) is 10.7 Å². The second-order valence-corrected chi connectivity index (χ2v) is 10.1. The number of amidine groups is 1. The molecule has 0 aliphatic carbocycles. The van der Waals surface area contributed by atoms with Crippen molar-refractivity contribution in [1.82, 2.24) is 15.5 Å². The largest absolute Gasteiger partial charge is 0.497 e. The molecule has 3 aromatic rings. The van der Waals surface area contributed by atoms with Gasteiger partial charge in [-0.3, -0.25) is 9.59 Å². The average molecular weight is 518 g/mol. The number of benzene rings is 2. The molecule has 33 heavy (non-hydrogen) atoms. The Morgan fingerprint density at radius 1 is 1.21 bits per heavy atom. The minimum absolute atomic E-state index is 0.163. The van der Waals surface area contributed by atoms with E-state index in [1.54, 1.807) is 49.6 Å². The van der Waals surface area contributed by atoms with Gasteiger partial charge in [0.2, 0.25) is 11.0 Å². The standard InChI is InChI=1S/C21H16ClN5O3S3/c1-30-15-8-6-14(7-9-15)23-17(28)11-31-21-27-26-20(33-21)25-19-24-18(29)16(32-19)10-12-2-4-13(22)5-3-12/h2-10H,11H2,1H3,(H,23,28)(H,24,25,26,29)/b16-10-. The number of thioether (sulfide) groups is 2. The number of nitrogens with one attached hydrogen (secondary N) is 2. The van der Waals surface area contributed by atoms with Crippen molar-refractivity contribution >= 4 is 80.3 Å². The second-order valence-electron chi connectivity index (χ2n) is 6.45. The van der Waals surface area contributed by atoms with Gasteiger partial charge in [-0.05, 0) is 59.8 Å². The van der Waals surface area contributed by atoms with Gasteiger partial charge >= 0.3 is 0 Å². The number of halogens is 1. The number of rotatable bonds is 7. The maximum atomic E-state index is 12.2. The quantitative estimate of drug-likeness (QED) is 0.342. The van der Waals surface area contributed by atoms with Gasteiger partial charge < -0.3 is 15.4 Å². The molecule has 4 rings (SSSR count). The van der Waals surface area contributed by atoms with E-state index in [2.05, 4.69) is 25.8 Å². The summed E-state index contributed by atoms with van der Waals surface area (Å²) in [5.74, 6) is 0.498. The average Bonchev–Trinajstić information content (AvgIpc) is 3.40. The first-order valence-electron chi connectivity index (χ1n) is 9.44. The minimum Gasteiger partial charge on any atom is -0.497 e. The van der Waals surface area contributed by atoms with Crippen LogP contribution in [0.25, 0.3) is 6.08 Å². The minimum atomic E-state index is -0.233. The predicted molar refractivity (Wildman–Crippen MR) is 135 cm³/mol. The molecule has 2 heterocycles. The van der Waals surface area contributed by atoms with Gasteiger partial charge in [-0.1, -0.05) is 46.8 Å². The molecule has 1 saturated heterocycles. The van der Waals surface area contributed by atoms with Crippen LogP contribution in [0.5, 0.6) is 5.75 Å². The zero-order valence-electron chi connectivity index (χ0n) is 17.1. The van der Waals surface area contributed by atoms with E-state index in [0.717, 1.165) is 11.3 Å². The van der Waals surface area contributed by atoms with Gasteiger partial charge in [0.25, 0.3) is 5.91 Å². The fourth-order valence-electron chi connectivity index (χ4n) is 2.58. The number of hydrogen-bond acceptors (Lipinski definition) is 9. The number of aromatic nitrogens is 2. The molecule has 1 aromatic heterocycles. The molecule has 0 bridgehead atoms. The van der Waals surface area contributed by atoms with E-state index < -0.39 is 0 Å². The van der Waals surface area contributed by atoms with Crippen LogP contribution in [-0.2, 0) is 9.59 Å². The van der Waals surface area contributed by atoms with Gasteiger partial charge in [0.1, 0.15) is 5.75 Å². The van der Waals surface area contributed by atoms with Crippen LogP contribution in [0.4, 0.5) is 10.8 Å². The highest BCUT2D eigenvalue weighted by molar-refractivity contribution is 8.18. The molecule has 12 heteroatoms. The molecule has 2 aromatic carbocycles. The number of ether oxygens (including phenoxy) is 1. The molecule has 1 aliphatic heterocycles. The van der Waals surface area contributed by atoms with Crippen LogP contribution in [0, 0.1) is 0 Å². The number of amides is 2. The molecule has 1 aliphatic rings. The molecule has 0 radical (unpaired) electrons. The molecule has 8 nitrogen and oxygen atoms in total. The highest BCUT2D eigenvalue weighted by Crippen LogP contribution is 2.31. The lowest BCUT2D eigenvalue weighted by Crippen LogP contribution is -2.19. The maximum Gasteiger partial charge on any atom is 0.264 e. The number of anilines is 1. The summed E-state index contributed by atoms with van der Waals surface area (Å²) in [6.07, 6.45) is 1.77. The van der Waals surface area contributed by atoms with Crippen molar-refractivity contribution in [3.8, 4) is 5.75 Å². The normalized spacial score (nSPS) is 15.6. The third-order valence-electron chi connectivity index (χ3n) is 4.11. The number of aliphatic imine (C=N–C) groups is 1. The summed E-state index contributed by atoms with van der Waals surface area (Å²) in [6.45, 7) is 0. The van der Waals surface area contributed by atoms with Gasteiger partial charge in [0.05, 0.1) is 17.8 Å². The van der Waals surface area contributed by atoms with Gasteiger partial charge in [0.15, 0.2) is 9.51 Å². The fraction of sp³-hybridized carbons (Fsp3) is 0.0952. The Hall–Kier alpha value is -2.86. The Labute approximate surface area is 206 Å². The topological polar surface area (TPSA) is 106 Å². The van der Waals surface area contributed by atoms with Crippen molar-refractivity contribution in [3.63, 3.8) is 0 Å². The van der Waals surface area contributed by atoms with Crippen molar-refractivity contribution < 1.29 is 14.3 Å². The molecular formula is C21H16ClN5O3S3. The summed E-state index contributed by atoms with van der Waals surface area (Å²) in [5.41, 5.74) is 1.54. The van der Waals surface area contributed by atoms with E-state index in [9.17, 15) is 9.59 Å². The molecule has 0 saturated carbocycles. The first-order chi connectivity index (χ1) is 16.0. The van der Waals surface area contributed by atoms with Gasteiger partial charge in [-0.15, -0.1) is 10.2 Å². The summed E-state index contributed by atoms with van der Waals surface area (Å²) < 4.78 is 5.70. The monoisotopic (exact) mass is 517 g/mol. The zero-order valence-corrected chi connectivity index (χ0v) is 20.3. The van der Waals surface area contributed by atoms with Gasteiger partial charge in [-0.2, -0.15) is 4.99 Å². The molecule has 168 valence electrons. The molecule has 1 fully saturated rings. The van der Waals surface area contributed by atoms with Crippen molar-refractivity contribution in [2.75, 3.05) is 18.2 Å². The zero-order chi connectivity index (χ0) is 23.2. The summed E-state index contributed by atoms with van der Waals surface area (Å²) in [6, 6.07) is 14.3. The first-order valence-corrected chi connectivity index (χ1v) is 12.4. The van der Waals surface area contributed by atoms with Crippen molar-refractivity contribution in [2.45, 2.75) is 4.34 Å². The highest BCUT2D eigenvalue weighted by Gasteiger charge is 2.24. The highest BCUT2D eigenvalue weighted by atomic mass is 35.5. The SMILES string of the molecule is COc1ccc(NC(=O)CSc2nnc(/N=C3\NC(=O)/C(=C/c4ccc(Cl)cc4)S3)s2)cc1. The van der Waals surface area contributed by atoms with Crippen LogP contribution in [-0.4, -0.2) is 40.0 Å². The number of methoxy groups -OCH3 is 1. The van der Waals surface area contributed by atoms with Crippen LogP contribution in [0.1, 0.15) is 5.56 Å². The molecule has 2 N–H and O–H groups in total. The van der Waals surface area contributed by atoms with Crippen LogP contribution in [0.2, 0.25) is 5.02 Å². The van der Waals surface area contributed by atoms with E-state index in [4.69, 9.17) is 16.3 Å².